The lowest BCUT2D eigenvalue weighted by Gasteiger charge is -2.12. The number of hydrogen-bond acceptors (Lipinski definition) is 4. The molecule has 1 aromatic rings. The van der Waals surface area contributed by atoms with Gasteiger partial charge in [-0.3, -0.25) is 4.79 Å². The summed E-state index contributed by atoms with van der Waals surface area (Å²) in [5.41, 5.74) is 0.660. The van der Waals surface area contributed by atoms with Crippen LogP contribution < -0.4 is 0 Å². The van der Waals surface area contributed by atoms with Crippen LogP contribution in [0.3, 0.4) is 0 Å². The Morgan fingerprint density at radius 3 is 2.50 bits per heavy atom. The second-order valence-electron chi connectivity index (χ2n) is 3.67. The van der Waals surface area contributed by atoms with E-state index in [1.807, 2.05) is 0 Å². The quantitative estimate of drug-likeness (QED) is 0.542. The molecule has 1 rings (SSSR count). The van der Waals surface area contributed by atoms with Crippen LogP contribution in [0.5, 0.6) is 0 Å². The van der Waals surface area contributed by atoms with Crippen LogP contribution in [0.25, 0.3) is 0 Å². The van der Waals surface area contributed by atoms with Gasteiger partial charge >= 0.3 is 5.97 Å². The van der Waals surface area contributed by atoms with Crippen LogP contribution >= 0.6 is 15.9 Å². The predicted molar refractivity (Wildman–Crippen MR) is 67.7 cm³/mol. The monoisotopic (exact) mass is 316 g/mol. The highest BCUT2D eigenvalue weighted by atomic mass is 79.9. The average molecular weight is 317 g/mol. The van der Waals surface area contributed by atoms with E-state index in [1.54, 1.807) is 0 Å². The van der Waals surface area contributed by atoms with Gasteiger partial charge in [0.05, 0.1) is 6.61 Å². The van der Waals surface area contributed by atoms with Gasteiger partial charge in [-0.25, -0.2) is 4.79 Å². The van der Waals surface area contributed by atoms with E-state index in [2.05, 4.69) is 15.9 Å². The van der Waals surface area contributed by atoms with Crippen LogP contribution in [-0.4, -0.2) is 32.4 Å². The van der Waals surface area contributed by atoms with Crippen LogP contribution in [0.2, 0.25) is 0 Å². The molecule has 0 amide bonds. The normalized spacial score (nSPS) is 12.2. The van der Waals surface area contributed by atoms with Crippen molar-refractivity contribution in [3.05, 3.63) is 34.9 Å². The number of carboxylic acid groups (broad SMARTS) is 1. The van der Waals surface area contributed by atoms with Crippen molar-refractivity contribution in [2.75, 3.05) is 5.33 Å². The minimum absolute atomic E-state index is 0.0467. The Balaban J connectivity index is 3.17. The molecule has 1 aromatic carbocycles. The molecule has 0 heterocycles. The van der Waals surface area contributed by atoms with Crippen molar-refractivity contribution in [1.82, 2.24) is 0 Å². The zero-order chi connectivity index (χ0) is 13.7. The van der Waals surface area contributed by atoms with E-state index in [4.69, 9.17) is 10.2 Å². The third kappa shape index (κ3) is 3.38. The number of carbonyl (C=O) groups excluding carboxylic acids is 1. The van der Waals surface area contributed by atoms with E-state index in [0.29, 0.717) is 16.5 Å². The number of aliphatic hydroxyl groups is 2. The number of carboxylic acids is 1. The summed E-state index contributed by atoms with van der Waals surface area (Å²) in [4.78, 5) is 22.4. The van der Waals surface area contributed by atoms with E-state index < -0.39 is 18.7 Å². The maximum Gasteiger partial charge on any atom is 0.337 e. The minimum atomic E-state index is -1.75. The van der Waals surface area contributed by atoms with Crippen LogP contribution in [0.4, 0.5) is 0 Å². The largest absolute Gasteiger partial charge is 0.479 e. The number of alkyl halides is 1. The van der Waals surface area contributed by atoms with Gasteiger partial charge in [0, 0.05) is 17.3 Å². The molecule has 0 aliphatic heterocycles. The molecule has 1 unspecified atom stereocenters. The Bertz CT molecular complexity index is 458. The molecule has 98 valence electrons. The van der Waals surface area contributed by atoms with Gasteiger partial charge in [-0.05, 0) is 17.2 Å². The summed E-state index contributed by atoms with van der Waals surface area (Å²) in [6, 6.07) is 4.27. The van der Waals surface area contributed by atoms with E-state index >= 15 is 0 Å². The van der Waals surface area contributed by atoms with Crippen LogP contribution in [0.15, 0.2) is 18.2 Å². The van der Waals surface area contributed by atoms with Gasteiger partial charge in [-0.15, -0.1) is 0 Å². The molecule has 0 aromatic heterocycles. The maximum atomic E-state index is 11.7. The Morgan fingerprint density at radius 2 is 2.00 bits per heavy atom. The number of benzene rings is 1. The molecule has 6 heteroatoms. The molecule has 0 aliphatic rings. The summed E-state index contributed by atoms with van der Waals surface area (Å²) in [7, 11) is 0. The number of carbonyl (C=O) groups is 2. The summed E-state index contributed by atoms with van der Waals surface area (Å²) in [6.45, 7) is -0.396. The fourth-order valence-corrected chi connectivity index (χ4v) is 1.89. The van der Waals surface area contributed by atoms with Crippen molar-refractivity contribution in [2.24, 2.45) is 0 Å². The first kappa shape index (κ1) is 14.8. The average Bonchev–Trinajstić information content (AvgIpc) is 2.37. The number of halogens is 1. The summed E-state index contributed by atoms with van der Waals surface area (Å²) in [6.07, 6.45) is -1.47. The van der Waals surface area contributed by atoms with Gasteiger partial charge in [0.15, 0.2) is 11.9 Å². The molecule has 0 radical (unpaired) electrons. The molecule has 5 nitrogen and oxygen atoms in total. The van der Waals surface area contributed by atoms with Crippen molar-refractivity contribution in [1.29, 1.82) is 0 Å². The highest BCUT2D eigenvalue weighted by Crippen LogP contribution is 2.21. The molecule has 0 bridgehead atoms. The maximum absolute atomic E-state index is 11.7. The van der Waals surface area contributed by atoms with Crippen molar-refractivity contribution in [3.63, 3.8) is 0 Å². The summed E-state index contributed by atoms with van der Waals surface area (Å²) in [5.74, 6) is -1.58. The first-order chi connectivity index (χ1) is 8.51. The van der Waals surface area contributed by atoms with Crippen LogP contribution in [0.1, 0.15) is 34.0 Å². The molecule has 0 saturated heterocycles. The van der Waals surface area contributed by atoms with Crippen molar-refractivity contribution < 1.29 is 24.9 Å². The fourth-order valence-electron chi connectivity index (χ4n) is 1.53. The third-order valence-electron chi connectivity index (χ3n) is 2.49. The van der Waals surface area contributed by atoms with Gasteiger partial charge in [0.25, 0.3) is 0 Å². The van der Waals surface area contributed by atoms with Gasteiger partial charge in [0.1, 0.15) is 0 Å². The Morgan fingerprint density at radius 1 is 1.33 bits per heavy atom. The van der Waals surface area contributed by atoms with Crippen molar-refractivity contribution in [3.8, 4) is 0 Å². The minimum Gasteiger partial charge on any atom is -0.479 e. The van der Waals surface area contributed by atoms with Gasteiger partial charge < -0.3 is 15.3 Å². The molecule has 18 heavy (non-hydrogen) atoms. The number of Topliss-reactive ketones (excluding diaryl/α,β-unsaturated/α-hetero) is 1. The summed E-state index contributed by atoms with van der Waals surface area (Å²) < 4.78 is 0. The van der Waals surface area contributed by atoms with E-state index in [9.17, 15) is 14.7 Å². The number of aliphatic hydroxyl groups excluding tert-OH is 2. The first-order valence-corrected chi connectivity index (χ1v) is 6.37. The molecule has 0 fully saturated rings. The standard InChI is InChI=1S/C12H13BrO5/c13-4-3-10(15)7-1-2-8(6-14)9(5-7)11(16)12(17)18/h1-2,5,11,14,16H,3-4,6H2,(H,17,18). The van der Waals surface area contributed by atoms with Gasteiger partial charge in [-0.2, -0.15) is 0 Å². The van der Waals surface area contributed by atoms with Crippen LogP contribution in [0, 0.1) is 0 Å². The molecular weight excluding hydrogens is 304 g/mol. The van der Waals surface area contributed by atoms with E-state index in [0.717, 1.165) is 0 Å². The van der Waals surface area contributed by atoms with E-state index in [-0.39, 0.29) is 17.8 Å². The Hall–Kier alpha value is -1.24. The highest BCUT2D eigenvalue weighted by molar-refractivity contribution is 9.09. The van der Waals surface area contributed by atoms with Crippen molar-refractivity contribution in [2.45, 2.75) is 19.1 Å². The van der Waals surface area contributed by atoms with E-state index in [1.165, 1.54) is 18.2 Å². The Labute approximate surface area is 112 Å². The second-order valence-corrected chi connectivity index (χ2v) is 4.47. The summed E-state index contributed by atoms with van der Waals surface area (Å²) in [5, 5.41) is 27.9. The van der Waals surface area contributed by atoms with Gasteiger partial charge in [0.2, 0.25) is 0 Å². The first-order valence-electron chi connectivity index (χ1n) is 5.25. The fraction of sp³-hybridized carbons (Fsp3) is 0.333. The zero-order valence-corrected chi connectivity index (χ0v) is 11.1. The molecule has 1 atom stereocenters. The molecule has 0 spiro atoms. The predicted octanol–water partition coefficient (Wildman–Crippen LogP) is 1.26. The van der Waals surface area contributed by atoms with Crippen molar-refractivity contribution >= 4 is 27.7 Å². The zero-order valence-electron chi connectivity index (χ0n) is 9.47. The van der Waals surface area contributed by atoms with Gasteiger partial charge in [-0.1, -0.05) is 28.1 Å². The lowest BCUT2D eigenvalue weighted by Crippen LogP contribution is -2.14. The smallest absolute Gasteiger partial charge is 0.337 e. The second kappa shape index (κ2) is 6.63. The number of aliphatic carboxylic acids is 1. The number of hydrogen-bond donors (Lipinski definition) is 3. The third-order valence-corrected chi connectivity index (χ3v) is 2.88. The molecule has 0 saturated carbocycles. The lowest BCUT2D eigenvalue weighted by atomic mass is 9.97. The highest BCUT2D eigenvalue weighted by Gasteiger charge is 2.20. The topological polar surface area (TPSA) is 94.8 Å². The Kier molecular flexibility index (Phi) is 5.46. The molecular formula is C12H13BrO5. The van der Waals surface area contributed by atoms with Crippen LogP contribution in [-0.2, 0) is 11.4 Å². The SMILES string of the molecule is O=C(CCBr)c1ccc(CO)c(C(O)C(=O)O)c1. The number of rotatable bonds is 6. The molecule has 0 aliphatic carbocycles. The lowest BCUT2D eigenvalue weighted by molar-refractivity contribution is -0.147. The molecule has 3 N–H and O–H groups in total. The summed E-state index contributed by atoms with van der Waals surface area (Å²) >= 11 is 3.14. The number of ketones is 1.